The standard InChI is InChI=1S/C14H13ClN2O2/c1-8-5-9(7-16-13(8)15)17-14(18)11-6-10(11)12-3-2-4-19-12/h2-5,7,10-11H,6H2,1H3,(H,17,18)/t10-,11+/m0/s1. The molecule has 5 heteroatoms. The molecule has 2 atom stereocenters. The third-order valence-electron chi connectivity index (χ3n) is 3.32. The zero-order valence-electron chi connectivity index (χ0n) is 10.4. The molecular weight excluding hydrogens is 264 g/mol. The number of carbonyl (C=O) groups is 1. The molecule has 3 rings (SSSR count). The molecule has 98 valence electrons. The number of rotatable bonds is 3. The summed E-state index contributed by atoms with van der Waals surface area (Å²) in [5, 5.41) is 3.32. The van der Waals surface area contributed by atoms with Gasteiger partial charge in [0.2, 0.25) is 5.91 Å². The van der Waals surface area contributed by atoms with E-state index in [9.17, 15) is 4.79 Å². The summed E-state index contributed by atoms with van der Waals surface area (Å²) in [4.78, 5) is 16.1. The second-order valence-electron chi connectivity index (χ2n) is 4.79. The molecule has 0 spiro atoms. The quantitative estimate of drug-likeness (QED) is 0.875. The Morgan fingerprint density at radius 3 is 3.11 bits per heavy atom. The molecule has 0 saturated heterocycles. The van der Waals surface area contributed by atoms with E-state index in [1.807, 2.05) is 25.1 Å². The summed E-state index contributed by atoms with van der Waals surface area (Å²) < 4.78 is 5.31. The van der Waals surface area contributed by atoms with Gasteiger partial charge in [-0.2, -0.15) is 0 Å². The van der Waals surface area contributed by atoms with Crippen molar-refractivity contribution >= 4 is 23.2 Å². The molecule has 0 radical (unpaired) electrons. The van der Waals surface area contributed by atoms with E-state index in [1.165, 1.54) is 0 Å². The number of nitrogens with zero attached hydrogens (tertiary/aromatic N) is 1. The van der Waals surface area contributed by atoms with Crippen LogP contribution >= 0.6 is 11.6 Å². The lowest BCUT2D eigenvalue weighted by molar-refractivity contribution is -0.117. The maximum atomic E-state index is 12.1. The van der Waals surface area contributed by atoms with Crippen molar-refractivity contribution in [1.82, 2.24) is 4.98 Å². The lowest BCUT2D eigenvalue weighted by Crippen LogP contribution is -2.14. The predicted molar refractivity (Wildman–Crippen MR) is 72.2 cm³/mol. The van der Waals surface area contributed by atoms with E-state index in [-0.39, 0.29) is 17.7 Å². The smallest absolute Gasteiger partial charge is 0.228 e. The number of aromatic nitrogens is 1. The zero-order chi connectivity index (χ0) is 13.4. The zero-order valence-corrected chi connectivity index (χ0v) is 11.1. The van der Waals surface area contributed by atoms with Gasteiger partial charge in [0, 0.05) is 11.8 Å². The van der Waals surface area contributed by atoms with Gasteiger partial charge < -0.3 is 9.73 Å². The molecule has 1 saturated carbocycles. The van der Waals surface area contributed by atoms with Crippen LogP contribution in [0.25, 0.3) is 0 Å². The van der Waals surface area contributed by atoms with Crippen LogP contribution in [0.3, 0.4) is 0 Å². The topological polar surface area (TPSA) is 55.1 Å². The second-order valence-corrected chi connectivity index (χ2v) is 5.14. The fraction of sp³-hybridized carbons (Fsp3) is 0.286. The molecule has 1 N–H and O–H groups in total. The maximum Gasteiger partial charge on any atom is 0.228 e. The van der Waals surface area contributed by atoms with Gasteiger partial charge in [0.1, 0.15) is 10.9 Å². The highest BCUT2D eigenvalue weighted by atomic mass is 35.5. The molecule has 2 aromatic heterocycles. The molecule has 1 fully saturated rings. The molecule has 1 amide bonds. The van der Waals surface area contributed by atoms with Gasteiger partial charge in [0.25, 0.3) is 0 Å². The van der Waals surface area contributed by atoms with Gasteiger partial charge >= 0.3 is 0 Å². The van der Waals surface area contributed by atoms with Crippen LogP contribution in [0.4, 0.5) is 5.69 Å². The Balaban J connectivity index is 1.65. The Morgan fingerprint density at radius 1 is 1.58 bits per heavy atom. The highest BCUT2D eigenvalue weighted by Crippen LogP contribution is 2.48. The van der Waals surface area contributed by atoms with Gasteiger partial charge in [-0.3, -0.25) is 4.79 Å². The summed E-state index contributed by atoms with van der Waals surface area (Å²) in [5.74, 6) is 1.08. The first-order valence-electron chi connectivity index (χ1n) is 6.11. The average molecular weight is 277 g/mol. The number of hydrogen-bond acceptors (Lipinski definition) is 3. The number of aryl methyl sites for hydroxylation is 1. The largest absolute Gasteiger partial charge is 0.469 e. The van der Waals surface area contributed by atoms with Gasteiger partial charge in [-0.1, -0.05) is 11.6 Å². The number of anilines is 1. The Bertz CT molecular complexity index is 610. The van der Waals surface area contributed by atoms with Gasteiger partial charge in [0.05, 0.1) is 18.1 Å². The summed E-state index contributed by atoms with van der Waals surface area (Å²) >= 11 is 5.85. The summed E-state index contributed by atoms with van der Waals surface area (Å²) in [6.45, 7) is 1.85. The van der Waals surface area contributed by atoms with Crippen LogP contribution in [0.1, 0.15) is 23.7 Å². The molecule has 2 heterocycles. The Morgan fingerprint density at radius 2 is 2.42 bits per heavy atom. The predicted octanol–water partition coefficient (Wildman–Crippen LogP) is 3.38. The van der Waals surface area contributed by atoms with Crippen molar-refractivity contribution in [1.29, 1.82) is 0 Å². The number of furan rings is 1. The monoisotopic (exact) mass is 276 g/mol. The fourth-order valence-corrected chi connectivity index (χ4v) is 2.27. The van der Waals surface area contributed by atoms with E-state index >= 15 is 0 Å². The summed E-state index contributed by atoms with van der Waals surface area (Å²) in [7, 11) is 0. The Kier molecular flexibility index (Phi) is 3.03. The molecule has 1 aliphatic rings. The molecular formula is C14H13ClN2O2. The molecule has 19 heavy (non-hydrogen) atoms. The second kappa shape index (κ2) is 4.70. The van der Waals surface area contributed by atoms with E-state index < -0.39 is 0 Å². The number of pyridine rings is 1. The van der Waals surface area contributed by atoms with Crippen LogP contribution in [0.5, 0.6) is 0 Å². The van der Waals surface area contributed by atoms with Crippen LogP contribution in [0, 0.1) is 12.8 Å². The lowest BCUT2D eigenvalue weighted by Gasteiger charge is -2.05. The normalized spacial score (nSPS) is 21.2. The van der Waals surface area contributed by atoms with Crippen LogP contribution in [0.2, 0.25) is 5.15 Å². The number of halogens is 1. The van der Waals surface area contributed by atoms with Gasteiger partial charge in [-0.25, -0.2) is 4.98 Å². The third kappa shape index (κ3) is 2.49. The van der Waals surface area contributed by atoms with E-state index in [0.717, 1.165) is 17.7 Å². The number of hydrogen-bond donors (Lipinski definition) is 1. The highest BCUT2D eigenvalue weighted by Gasteiger charge is 2.45. The minimum atomic E-state index is -0.0119. The summed E-state index contributed by atoms with van der Waals surface area (Å²) in [5.41, 5.74) is 1.52. The first kappa shape index (κ1) is 12.2. The maximum absolute atomic E-state index is 12.1. The number of nitrogens with one attached hydrogen (secondary N) is 1. The fourth-order valence-electron chi connectivity index (χ4n) is 2.16. The Hall–Kier alpha value is -1.81. The van der Waals surface area contributed by atoms with Gasteiger partial charge in [-0.15, -0.1) is 0 Å². The van der Waals surface area contributed by atoms with E-state index in [1.54, 1.807) is 12.5 Å². The van der Waals surface area contributed by atoms with E-state index in [2.05, 4.69) is 10.3 Å². The summed E-state index contributed by atoms with van der Waals surface area (Å²) in [6, 6.07) is 5.57. The minimum Gasteiger partial charge on any atom is -0.469 e. The van der Waals surface area contributed by atoms with Crippen LogP contribution in [-0.2, 0) is 4.79 Å². The van der Waals surface area contributed by atoms with E-state index in [0.29, 0.717) is 10.8 Å². The van der Waals surface area contributed by atoms with Crippen molar-refractivity contribution in [2.75, 3.05) is 5.32 Å². The summed E-state index contributed by atoms with van der Waals surface area (Å²) in [6.07, 6.45) is 4.03. The highest BCUT2D eigenvalue weighted by molar-refractivity contribution is 6.30. The average Bonchev–Trinajstić information content (AvgIpc) is 3.01. The molecule has 2 aromatic rings. The molecule has 0 bridgehead atoms. The molecule has 1 aliphatic carbocycles. The molecule has 0 aromatic carbocycles. The van der Waals surface area contributed by atoms with Crippen molar-refractivity contribution in [3.63, 3.8) is 0 Å². The SMILES string of the molecule is Cc1cc(NC(=O)[C@@H]2C[C@@H]2c2ccco2)cnc1Cl. The van der Waals surface area contributed by atoms with Crippen molar-refractivity contribution in [2.45, 2.75) is 19.3 Å². The molecule has 4 nitrogen and oxygen atoms in total. The van der Waals surface area contributed by atoms with Crippen molar-refractivity contribution < 1.29 is 9.21 Å². The van der Waals surface area contributed by atoms with Crippen molar-refractivity contribution in [3.05, 3.63) is 47.1 Å². The minimum absolute atomic E-state index is 0.00456. The Labute approximate surface area is 115 Å². The number of carbonyl (C=O) groups excluding carboxylic acids is 1. The third-order valence-corrected chi connectivity index (χ3v) is 3.71. The van der Waals surface area contributed by atoms with E-state index in [4.69, 9.17) is 16.0 Å². The molecule has 0 aliphatic heterocycles. The lowest BCUT2D eigenvalue weighted by atomic mass is 10.2. The van der Waals surface area contributed by atoms with Crippen molar-refractivity contribution in [2.24, 2.45) is 5.92 Å². The number of amides is 1. The molecule has 0 unspecified atom stereocenters. The van der Waals surface area contributed by atoms with Crippen LogP contribution in [0.15, 0.2) is 35.1 Å². The van der Waals surface area contributed by atoms with Crippen molar-refractivity contribution in [3.8, 4) is 0 Å². The first-order chi connectivity index (χ1) is 9.15. The first-order valence-corrected chi connectivity index (χ1v) is 6.49. The van der Waals surface area contributed by atoms with Gasteiger partial charge in [0.15, 0.2) is 0 Å². The van der Waals surface area contributed by atoms with Gasteiger partial charge in [-0.05, 0) is 37.1 Å². The van der Waals surface area contributed by atoms with Crippen LogP contribution < -0.4 is 5.32 Å². The van der Waals surface area contributed by atoms with Crippen LogP contribution in [-0.4, -0.2) is 10.9 Å².